The number of carbonyl (C=O) groups excluding carboxylic acids is 1. The van der Waals surface area contributed by atoms with Gasteiger partial charge in [0.2, 0.25) is 0 Å². The molecular weight excluding hydrogens is 288 g/mol. The van der Waals surface area contributed by atoms with Crippen molar-refractivity contribution in [2.24, 2.45) is 11.3 Å². The van der Waals surface area contributed by atoms with Gasteiger partial charge in [0, 0.05) is 24.6 Å². The van der Waals surface area contributed by atoms with Crippen LogP contribution in [0.4, 0.5) is 5.69 Å². The molecule has 0 spiro atoms. The molecule has 0 radical (unpaired) electrons. The van der Waals surface area contributed by atoms with E-state index >= 15 is 0 Å². The van der Waals surface area contributed by atoms with Crippen LogP contribution in [0.3, 0.4) is 0 Å². The third kappa shape index (κ3) is 4.33. The fourth-order valence-electron chi connectivity index (χ4n) is 3.26. The van der Waals surface area contributed by atoms with Gasteiger partial charge in [0.25, 0.3) is 0 Å². The number of Topliss-reactive ketones (excluding diaryl/α,β-unsaturated/α-hetero) is 1. The highest BCUT2D eigenvalue weighted by atomic mass is 16.5. The summed E-state index contributed by atoms with van der Waals surface area (Å²) in [7, 11) is 0. The van der Waals surface area contributed by atoms with Crippen LogP contribution in [0.1, 0.15) is 56.5 Å². The van der Waals surface area contributed by atoms with Gasteiger partial charge in [-0.15, -0.1) is 0 Å². The maximum Gasteiger partial charge on any atom is 0.159 e. The summed E-state index contributed by atoms with van der Waals surface area (Å²) >= 11 is 0. The minimum atomic E-state index is 0.00566. The number of hydrogen-bond acceptors (Lipinski definition) is 4. The zero-order valence-corrected chi connectivity index (χ0v) is 14.5. The maximum absolute atomic E-state index is 11.6. The molecule has 1 fully saturated rings. The van der Waals surface area contributed by atoms with E-state index in [4.69, 9.17) is 4.74 Å². The molecule has 4 heteroatoms. The lowest BCUT2D eigenvalue weighted by molar-refractivity contribution is -0.0814. The number of nitriles is 1. The lowest BCUT2D eigenvalue weighted by Crippen LogP contribution is -2.42. The number of nitrogens with one attached hydrogen (secondary N) is 1. The fourth-order valence-corrected chi connectivity index (χ4v) is 3.26. The van der Waals surface area contributed by atoms with Gasteiger partial charge in [-0.1, -0.05) is 20.8 Å². The van der Waals surface area contributed by atoms with Crippen molar-refractivity contribution in [1.82, 2.24) is 0 Å². The Morgan fingerprint density at radius 3 is 2.78 bits per heavy atom. The van der Waals surface area contributed by atoms with Crippen LogP contribution in [-0.4, -0.2) is 25.0 Å². The van der Waals surface area contributed by atoms with Gasteiger partial charge in [-0.25, -0.2) is 0 Å². The zero-order valence-electron chi connectivity index (χ0n) is 14.5. The molecule has 1 aliphatic heterocycles. The van der Waals surface area contributed by atoms with Crippen molar-refractivity contribution in [1.29, 1.82) is 5.26 Å². The van der Waals surface area contributed by atoms with Crippen molar-refractivity contribution in [3.05, 3.63) is 29.3 Å². The molecule has 1 heterocycles. The van der Waals surface area contributed by atoms with E-state index in [9.17, 15) is 10.1 Å². The van der Waals surface area contributed by atoms with E-state index in [1.165, 1.54) is 6.92 Å². The van der Waals surface area contributed by atoms with E-state index in [0.717, 1.165) is 31.7 Å². The minimum Gasteiger partial charge on any atom is -0.384 e. The number of rotatable bonds is 4. The number of anilines is 1. The normalized spacial score (nSPS) is 21.5. The Morgan fingerprint density at radius 1 is 1.43 bits per heavy atom. The van der Waals surface area contributed by atoms with Crippen molar-refractivity contribution in [3.8, 4) is 6.07 Å². The highest BCUT2D eigenvalue weighted by Gasteiger charge is 2.35. The number of ketones is 1. The molecule has 1 saturated heterocycles. The Hall–Kier alpha value is -1.86. The zero-order chi connectivity index (χ0) is 17.0. The van der Waals surface area contributed by atoms with Gasteiger partial charge in [0.15, 0.2) is 5.78 Å². The smallest absolute Gasteiger partial charge is 0.159 e. The van der Waals surface area contributed by atoms with E-state index in [0.29, 0.717) is 17.0 Å². The number of benzene rings is 1. The van der Waals surface area contributed by atoms with Gasteiger partial charge in [0.1, 0.15) is 6.07 Å². The number of ether oxygens (including phenoxy) is 1. The van der Waals surface area contributed by atoms with Crippen LogP contribution in [-0.2, 0) is 4.74 Å². The summed E-state index contributed by atoms with van der Waals surface area (Å²) in [6.07, 6.45) is 2.38. The predicted octanol–water partition coefficient (Wildman–Crippen LogP) is 4.01. The highest BCUT2D eigenvalue weighted by molar-refractivity contribution is 5.95. The molecule has 1 aliphatic rings. The molecule has 0 amide bonds. The molecular formula is C19H26N2O2. The summed E-state index contributed by atoms with van der Waals surface area (Å²) in [4.78, 5) is 11.6. The number of carbonyl (C=O) groups is 1. The van der Waals surface area contributed by atoms with E-state index in [2.05, 4.69) is 32.2 Å². The van der Waals surface area contributed by atoms with Crippen molar-refractivity contribution in [2.75, 3.05) is 18.5 Å². The van der Waals surface area contributed by atoms with Gasteiger partial charge < -0.3 is 10.1 Å². The molecule has 1 N–H and O–H groups in total. The molecule has 0 aliphatic carbocycles. The Kier molecular flexibility index (Phi) is 5.43. The Balaban J connectivity index is 2.14. The lowest BCUT2D eigenvalue weighted by atomic mass is 9.78. The molecule has 2 rings (SSSR count). The van der Waals surface area contributed by atoms with Gasteiger partial charge in [0.05, 0.1) is 17.4 Å². The summed E-state index contributed by atoms with van der Waals surface area (Å²) in [6, 6.07) is 7.37. The SMILES string of the molecule is CC(=O)c1ccc(C#N)c(NCC2CCCOC2C(C)(C)C)c1. The Bertz CT molecular complexity index is 611. The van der Waals surface area contributed by atoms with Crippen LogP contribution in [0, 0.1) is 22.7 Å². The second-order valence-corrected chi connectivity index (χ2v) is 7.37. The third-order valence-corrected chi connectivity index (χ3v) is 4.40. The first kappa shape index (κ1) is 17.5. The van der Waals surface area contributed by atoms with E-state index in [-0.39, 0.29) is 17.3 Å². The lowest BCUT2D eigenvalue weighted by Gasteiger charge is -2.40. The van der Waals surface area contributed by atoms with Gasteiger partial charge >= 0.3 is 0 Å². The van der Waals surface area contributed by atoms with Crippen LogP contribution < -0.4 is 5.32 Å². The third-order valence-electron chi connectivity index (χ3n) is 4.40. The van der Waals surface area contributed by atoms with Gasteiger partial charge in [-0.3, -0.25) is 4.79 Å². The van der Waals surface area contributed by atoms with Gasteiger partial charge in [-0.05, 0) is 43.4 Å². The molecule has 2 unspecified atom stereocenters. The molecule has 1 aromatic carbocycles. The Labute approximate surface area is 138 Å². The summed E-state index contributed by atoms with van der Waals surface area (Å²) in [5.74, 6) is 0.405. The largest absolute Gasteiger partial charge is 0.384 e. The summed E-state index contributed by atoms with van der Waals surface area (Å²) in [5, 5.41) is 12.6. The molecule has 0 bridgehead atoms. The van der Waals surface area contributed by atoms with Crippen molar-refractivity contribution >= 4 is 11.5 Å². The quantitative estimate of drug-likeness (QED) is 0.853. The van der Waals surface area contributed by atoms with Crippen LogP contribution in [0.2, 0.25) is 0 Å². The highest BCUT2D eigenvalue weighted by Crippen LogP contribution is 2.34. The first-order valence-electron chi connectivity index (χ1n) is 8.23. The van der Waals surface area contributed by atoms with E-state index in [1.807, 2.05) is 0 Å². The van der Waals surface area contributed by atoms with Gasteiger partial charge in [-0.2, -0.15) is 5.26 Å². The standard InChI is InChI=1S/C19H26N2O2/c1-13(22)14-7-8-15(11-20)17(10-14)21-12-16-6-5-9-23-18(16)19(2,3)4/h7-8,10,16,18,21H,5-6,9,12H2,1-4H3. The average molecular weight is 314 g/mol. The molecule has 4 nitrogen and oxygen atoms in total. The Morgan fingerprint density at radius 2 is 2.17 bits per heavy atom. The minimum absolute atomic E-state index is 0.00566. The summed E-state index contributed by atoms with van der Waals surface area (Å²) in [5.41, 5.74) is 2.02. The number of hydrogen-bond donors (Lipinski definition) is 1. The molecule has 1 aromatic rings. The topological polar surface area (TPSA) is 62.1 Å². The average Bonchev–Trinajstić information content (AvgIpc) is 2.51. The summed E-state index contributed by atoms with van der Waals surface area (Å²) in [6.45, 7) is 9.71. The summed E-state index contributed by atoms with van der Waals surface area (Å²) < 4.78 is 6.00. The van der Waals surface area contributed by atoms with E-state index in [1.54, 1.807) is 18.2 Å². The molecule has 2 atom stereocenters. The van der Waals surface area contributed by atoms with Crippen molar-refractivity contribution in [2.45, 2.75) is 46.6 Å². The van der Waals surface area contributed by atoms with Crippen LogP contribution in [0.15, 0.2) is 18.2 Å². The van der Waals surface area contributed by atoms with Crippen molar-refractivity contribution < 1.29 is 9.53 Å². The second-order valence-electron chi connectivity index (χ2n) is 7.37. The van der Waals surface area contributed by atoms with Crippen LogP contribution >= 0.6 is 0 Å². The monoisotopic (exact) mass is 314 g/mol. The molecule has 0 saturated carbocycles. The number of nitrogens with zero attached hydrogens (tertiary/aromatic N) is 1. The maximum atomic E-state index is 11.6. The molecule has 0 aromatic heterocycles. The fraction of sp³-hybridized carbons (Fsp3) is 0.579. The van der Waals surface area contributed by atoms with Crippen LogP contribution in [0.25, 0.3) is 0 Å². The first-order chi connectivity index (χ1) is 10.8. The first-order valence-corrected chi connectivity index (χ1v) is 8.23. The van der Waals surface area contributed by atoms with Crippen LogP contribution in [0.5, 0.6) is 0 Å². The molecule has 23 heavy (non-hydrogen) atoms. The van der Waals surface area contributed by atoms with E-state index < -0.39 is 0 Å². The molecule has 124 valence electrons. The second kappa shape index (κ2) is 7.14. The predicted molar refractivity (Wildman–Crippen MR) is 91.6 cm³/mol. The van der Waals surface area contributed by atoms with Crippen molar-refractivity contribution in [3.63, 3.8) is 0 Å².